The lowest BCUT2D eigenvalue weighted by Crippen LogP contribution is -2.47. The van der Waals surface area contributed by atoms with Crippen molar-refractivity contribution in [3.8, 4) is 0 Å². The maximum absolute atomic E-state index is 13.4. The highest BCUT2D eigenvalue weighted by Crippen LogP contribution is 2.34. The standard InChI is InChI=1S/C24H26N4O2S/c1-16-13-22(29)25-18-8-2-4-10-20(18)28(16)23(30)15-27-12-6-7-17(14-27)24-26-19-9-3-5-11-21(19)31-24/h2-5,8-11,16-17H,6-7,12-15H2,1H3,(H,25,29)/t16-,17+/m0/s1. The lowest BCUT2D eigenvalue weighted by Gasteiger charge is -2.34. The van der Waals surface area contributed by atoms with Gasteiger partial charge in [0.2, 0.25) is 11.8 Å². The SMILES string of the molecule is C[C@H]1CC(=O)Nc2ccccc2N1C(=O)CN1CCC[C@@H](c2nc3ccccc3s2)C1. The smallest absolute Gasteiger partial charge is 0.241 e. The van der Waals surface area contributed by atoms with Gasteiger partial charge in [0.15, 0.2) is 0 Å². The summed E-state index contributed by atoms with van der Waals surface area (Å²) in [5.74, 6) is 0.349. The first-order chi connectivity index (χ1) is 15.1. The van der Waals surface area contributed by atoms with Gasteiger partial charge in [-0.25, -0.2) is 4.98 Å². The Morgan fingerprint density at radius 1 is 1.19 bits per heavy atom. The number of para-hydroxylation sites is 3. The second-order valence-electron chi connectivity index (χ2n) is 8.48. The molecule has 0 radical (unpaired) electrons. The quantitative estimate of drug-likeness (QED) is 0.670. The van der Waals surface area contributed by atoms with Crippen molar-refractivity contribution >= 4 is 44.7 Å². The summed E-state index contributed by atoms with van der Waals surface area (Å²) >= 11 is 1.77. The van der Waals surface area contributed by atoms with Gasteiger partial charge < -0.3 is 10.2 Å². The molecule has 2 aliphatic rings. The first-order valence-corrected chi connectivity index (χ1v) is 11.7. The van der Waals surface area contributed by atoms with E-state index in [2.05, 4.69) is 28.4 Å². The van der Waals surface area contributed by atoms with E-state index < -0.39 is 0 Å². The molecule has 0 aliphatic carbocycles. The number of anilines is 2. The van der Waals surface area contributed by atoms with Crippen LogP contribution in [-0.2, 0) is 9.59 Å². The Labute approximate surface area is 185 Å². The van der Waals surface area contributed by atoms with Gasteiger partial charge in [0.1, 0.15) is 0 Å². The molecule has 0 saturated carbocycles. The lowest BCUT2D eigenvalue weighted by molar-refractivity contribution is -0.120. The second kappa shape index (κ2) is 8.40. The average Bonchev–Trinajstić information content (AvgIpc) is 3.14. The second-order valence-corrected chi connectivity index (χ2v) is 9.54. The monoisotopic (exact) mass is 434 g/mol. The van der Waals surface area contributed by atoms with Crippen molar-refractivity contribution in [2.24, 2.45) is 0 Å². The van der Waals surface area contributed by atoms with Crippen molar-refractivity contribution in [2.45, 2.75) is 38.1 Å². The lowest BCUT2D eigenvalue weighted by atomic mass is 9.98. The van der Waals surface area contributed by atoms with Crippen molar-refractivity contribution in [3.63, 3.8) is 0 Å². The van der Waals surface area contributed by atoms with Crippen molar-refractivity contribution in [1.29, 1.82) is 0 Å². The van der Waals surface area contributed by atoms with Gasteiger partial charge in [0.25, 0.3) is 0 Å². The molecule has 160 valence electrons. The molecule has 1 fully saturated rings. The number of thiazole rings is 1. The maximum atomic E-state index is 13.4. The Hall–Kier alpha value is -2.77. The topological polar surface area (TPSA) is 65.5 Å². The first kappa shape index (κ1) is 20.2. The number of benzene rings is 2. The van der Waals surface area contributed by atoms with E-state index in [1.165, 1.54) is 9.71 Å². The van der Waals surface area contributed by atoms with Gasteiger partial charge in [-0.05, 0) is 50.6 Å². The summed E-state index contributed by atoms with van der Waals surface area (Å²) in [7, 11) is 0. The zero-order chi connectivity index (χ0) is 21.4. The summed E-state index contributed by atoms with van der Waals surface area (Å²) in [6, 6.07) is 15.6. The van der Waals surface area contributed by atoms with Crippen LogP contribution in [0.3, 0.4) is 0 Å². The Morgan fingerprint density at radius 2 is 2.00 bits per heavy atom. The van der Waals surface area contributed by atoms with Crippen LogP contribution in [0.4, 0.5) is 11.4 Å². The average molecular weight is 435 g/mol. The van der Waals surface area contributed by atoms with Gasteiger partial charge in [0, 0.05) is 24.9 Å². The molecule has 2 amide bonds. The summed E-state index contributed by atoms with van der Waals surface area (Å²) < 4.78 is 1.22. The Kier molecular flexibility index (Phi) is 5.46. The molecule has 2 atom stereocenters. The first-order valence-electron chi connectivity index (χ1n) is 10.9. The number of rotatable bonds is 3. The van der Waals surface area contributed by atoms with Gasteiger partial charge in [-0.15, -0.1) is 11.3 Å². The molecule has 1 N–H and O–H groups in total. The number of carbonyl (C=O) groups is 2. The molecule has 7 heteroatoms. The number of piperidine rings is 1. The fraction of sp³-hybridized carbons (Fsp3) is 0.375. The van der Waals surface area contributed by atoms with Crippen molar-refractivity contribution in [2.75, 3.05) is 29.9 Å². The molecule has 31 heavy (non-hydrogen) atoms. The van der Waals surface area contributed by atoms with Crippen LogP contribution in [0.2, 0.25) is 0 Å². The van der Waals surface area contributed by atoms with Crippen molar-refractivity contribution in [1.82, 2.24) is 9.88 Å². The van der Waals surface area contributed by atoms with Crippen LogP contribution in [0.25, 0.3) is 10.2 Å². The fourth-order valence-electron chi connectivity index (χ4n) is 4.70. The minimum Gasteiger partial charge on any atom is -0.324 e. The molecule has 1 aromatic heterocycles. The zero-order valence-electron chi connectivity index (χ0n) is 17.6. The summed E-state index contributed by atoms with van der Waals surface area (Å²) in [5, 5.41) is 4.10. The van der Waals surface area contributed by atoms with Gasteiger partial charge >= 0.3 is 0 Å². The molecule has 0 spiro atoms. The number of aromatic nitrogens is 1. The fourth-order valence-corrected chi connectivity index (χ4v) is 5.79. The molecule has 1 saturated heterocycles. The summed E-state index contributed by atoms with van der Waals surface area (Å²) in [5.41, 5.74) is 2.55. The van der Waals surface area contributed by atoms with E-state index in [0.717, 1.165) is 37.1 Å². The highest BCUT2D eigenvalue weighted by Gasteiger charge is 2.32. The van der Waals surface area contributed by atoms with Crippen molar-refractivity contribution < 1.29 is 9.59 Å². The molecule has 0 unspecified atom stereocenters. The normalized spacial score (nSPS) is 22.1. The number of nitrogens with one attached hydrogen (secondary N) is 1. The van der Waals surface area contributed by atoms with E-state index in [4.69, 9.17) is 4.98 Å². The number of likely N-dealkylation sites (tertiary alicyclic amines) is 1. The Morgan fingerprint density at radius 3 is 2.87 bits per heavy atom. The third kappa shape index (κ3) is 4.07. The van der Waals surface area contributed by atoms with Crippen LogP contribution in [-0.4, -0.2) is 47.4 Å². The molecule has 2 aromatic carbocycles. The van der Waals surface area contributed by atoms with E-state index in [0.29, 0.717) is 24.6 Å². The molecular weight excluding hydrogens is 408 g/mol. The minimum absolute atomic E-state index is 0.0430. The Bertz CT molecular complexity index is 1090. The largest absolute Gasteiger partial charge is 0.324 e. The number of carbonyl (C=O) groups excluding carboxylic acids is 2. The summed E-state index contributed by atoms with van der Waals surface area (Å²) in [6.07, 6.45) is 2.46. The molecule has 5 rings (SSSR count). The molecule has 3 aromatic rings. The third-order valence-corrected chi connectivity index (χ3v) is 7.35. The van der Waals surface area contributed by atoms with Crippen LogP contribution in [0.15, 0.2) is 48.5 Å². The van der Waals surface area contributed by atoms with E-state index in [1.54, 1.807) is 16.2 Å². The molecule has 2 aliphatic heterocycles. The Balaban J connectivity index is 1.33. The van der Waals surface area contributed by atoms with Crippen LogP contribution in [0.5, 0.6) is 0 Å². The van der Waals surface area contributed by atoms with Gasteiger partial charge in [-0.3, -0.25) is 14.5 Å². The molecule has 6 nitrogen and oxygen atoms in total. The predicted molar refractivity (Wildman–Crippen MR) is 125 cm³/mol. The van der Waals surface area contributed by atoms with Crippen LogP contribution < -0.4 is 10.2 Å². The number of hydrogen-bond donors (Lipinski definition) is 1. The molecule has 0 bridgehead atoms. The maximum Gasteiger partial charge on any atom is 0.241 e. The van der Waals surface area contributed by atoms with Gasteiger partial charge in [-0.2, -0.15) is 0 Å². The van der Waals surface area contributed by atoms with Crippen LogP contribution in [0, 0.1) is 0 Å². The number of nitrogens with zero attached hydrogens (tertiary/aromatic N) is 3. The highest BCUT2D eigenvalue weighted by atomic mass is 32.1. The van der Waals surface area contributed by atoms with E-state index in [1.807, 2.05) is 37.3 Å². The van der Waals surface area contributed by atoms with Gasteiger partial charge in [0.05, 0.1) is 33.1 Å². The third-order valence-electron chi connectivity index (χ3n) is 6.15. The van der Waals surface area contributed by atoms with Gasteiger partial charge in [-0.1, -0.05) is 24.3 Å². The van der Waals surface area contributed by atoms with Crippen molar-refractivity contribution in [3.05, 3.63) is 53.5 Å². The summed E-state index contributed by atoms with van der Waals surface area (Å²) in [4.78, 5) is 34.5. The molecule has 3 heterocycles. The highest BCUT2D eigenvalue weighted by molar-refractivity contribution is 7.18. The number of amides is 2. The zero-order valence-corrected chi connectivity index (χ0v) is 18.4. The number of fused-ring (bicyclic) bond motifs is 2. The summed E-state index contributed by atoms with van der Waals surface area (Å²) in [6.45, 7) is 4.05. The minimum atomic E-state index is -0.180. The van der Waals surface area contributed by atoms with Crippen LogP contribution >= 0.6 is 11.3 Å². The van der Waals surface area contributed by atoms with E-state index >= 15 is 0 Å². The number of hydrogen-bond acceptors (Lipinski definition) is 5. The van der Waals surface area contributed by atoms with E-state index in [-0.39, 0.29) is 17.9 Å². The van der Waals surface area contributed by atoms with Crippen LogP contribution in [0.1, 0.15) is 37.1 Å². The predicted octanol–water partition coefficient (Wildman–Crippen LogP) is 4.24. The molecular formula is C24H26N4O2S. The van der Waals surface area contributed by atoms with E-state index in [9.17, 15) is 9.59 Å².